The van der Waals surface area contributed by atoms with E-state index >= 15 is 0 Å². The second-order valence-corrected chi connectivity index (χ2v) is 3.49. The van der Waals surface area contributed by atoms with Crippen LogP contribution >= 0.6 is 0 Å². The van der Waals surface area contributed by atoms with E-state index in [9.17, 15) is 9.59 Å². The van der Waals surface area contributed by atoms with Crippen LogP contribution in [0.4, 0.5) is 9.59 Å². The monoisotopic (exact) mass is 215 g/mol. The van der Waals surface area contributed by atoms with Crippen molar-refractivity contribution < 1.29 is 14.3 Å². The summed E-state index contributed by atoms with van der Waals surface area (Å²) in [5.41, 5.74) is 5.16. The van der Waals surface area contributed by atoms with Crippen LogP contribution in [0.1, 0.15) is 19.8 Å². The van der Waals surface area contributed by atoms with Crippen LogP contribution in [-0.4, -0.2) is 42.8 Å². The van der Waals surface area contributed by atoms with E-state index in [-0.39, 0.29) is 6.04 Å². The van der Waals surface area contributed by atoms with Crippen molar-refractivity contribution in [1.29, 1.82) is 0 Å². The second-order valence-electron chi connectivity index (χ2n) is 3.49. The smallest absolute Gasteiger partial charge is 0.407 e. The molecule has 0 bridgehead atoms. The molecule has 0 saturated carbocycles. The Morgan fingerprint density at radius 3 is 2.93 bits per heavy atom. The molecular weight excluding hydrogens is 198 g/mol. The standard InChI is InChI=1S/C9H17N3O3/c1-2-15-9(14)11-7-4-3-5-12(6-7)8(10)13/h7H,2-6H2,1H3,(H2,10,13)(H,11,14). The molecule has 1 unspecified atom stereocenters. The molecule has 0 aromatic carbocycles. The quantitative estimate of drug-likeness (QED) is 0.693. The number of hydrogen-bond acceptors (Lipinski definition) is 3. The van der Waals surface area contributed by atoms with Gasteiger partial charge in [0.1, 0.15) is 0 Å². The van der Waals surface area contributed by atoms with Gasteiger partial charge in [-0.2, -0.15) is 0 Å². The fourth-order valence-corrected chi connectivity index (χ4v) is 1.63. The Morgan fingerprint density at radius 2 is 2.33 bits per heavy atom. The highest BCUT2D eigenvalue weighted by atomic mass is 16.5. The van der Waals surface area contributed by atoms with E-state index in [1.54, 1.807) is 6.92 Å². The largest absolute Gasteiger partial charge is 0.450 e. The first-order chi connectivity index (χ1) is 7.13. The molecular formula is C9H17N3O3. The van der Waals surface area contributed by atoms with E-state index in [0.29, 0.717) is 19.7 Å². The number of hydrogen-bond donors (Lipinski definition) is 2. The zero-order valence-electron chi connectivity index (χ0n) is 8.86. The predicted molar refractivity (Wildman–Crippen MR) is 54.3 cm³/mol. The van der Waals surface area contributed by atoms with Crippen molar-refractivity contribution in [1.82, 2.24) is 10.2 Å². The maximum atomic E-state index is 11.1. The molecule has 1 aliphatic rings. The Bertz CT molecular complexity index is 245. The van der Waals surface area contributed by atoms with Gasteiger partial charge in [-0.25, -0.2) is 9.59 Å². The molecule has 1 aliphatic heterocycles. The summed E-state index contributed by atoms with van der Waals surface area (Å²) in [5.74, 6) is 0. The number of likely N-dealkylation sites (tertiary alicyclic amines) is 1. The van der Waals surface area contributed by atoms with Crippen molar-refractivity contribution in [2.75, 3.05) is 19.7 Å². The van der Waals surface area contributed by atoms with E-state index in [1.165, 1.54) is 4.90 Å². The summed E-state index contributed by atoms with van der Waals surface area (Å²) in [4.78, 5) is 23.6. The van der Waals surface area contributed by atoms with Gasteiger partial charge in [0.15, 0.2) is 0 Å². The molecule has 0 aromatic heterocycles. The number of nitrogens with two attached hydrogens (primary N) is 1. The Hall–Kier alpha value is -1.46. The second kappa shape index (κ2) is 5.43. The van der Waals surface area contributed by atoms with Gasteiger partial charge in [-0.3, -0.25) is 0 Å². The van der Waals surface area contributed by atoms with Gasteiger partial charge >= 0.3 is 12.1 Å². The molecule has 1 rings (SSSR count). The number of rotatable bonds is 2. The topological polar surface area (TPSA) is 84.7 Å². The van der Waals surface area contributed by atoms with Crippen LogP contribution in [0.3, 0.4) is 0 Å². The first-order valence-electron chi connectivity index (χ1n) is 5.11. The molecule has 0 spiro atoms. The highest BCUT2D eigenvalue weighted by Crippen LogP contribution is 2.09. The minimum atomic E-state index is -0.439. The zero-order valence-corrected chi connectivity index (χ0v) is 8.86. The summed E-state index contributed by atoms with van der Waals surface area (Å²) in [5, 5.41) is 2.69. The Labute approximate surface area is 88.7 Å². The lowest BCUT2D eigenvalue weighted by atomic mass is 10.1. The van der Waals surface area contributed by atoms with Crippen molar-refractivity contribution >= 4 is 12.1 Å². The molecule has 15 heavy (non-hydrogen) atoms. The minimum absolute atomic E-state index is 0.0506. The molecule has 0 aliphatic carbocycles. The van der Waals surface area contributed by atoms with E-state index < -0.39 is 12.1 Å². The van der Waals surface area contributed by atoms with Crippen LogP contribution in [0, 0.1) is 0 Å². The number of carbonyl (C=O) groups is 2. The number of carbonyl (C=O) groups excluding carboxylic acids is 2. The number of ether oxygens (including phenoxy) is 1. The van der Waals surface area contributed by atoms with Gasteiger partial charge in [-0.1, -0.05) is 0 Å². The number of alkyl carbamates (subject to hydrolysis) is 1. The van der Waals surface area contributed by atoms with Crippen LogP contribution < -0.4 is 11.1 Å². The molecule has 6 heteroatoms. The fraction of sp³-hybridized carbons (Fsp3) is 0.778. The summed E-state index contributed by atoms with van der Waals surface area (Å²) >= 11 is 0. The van der Waals surface area contributed by atoms with Gasteiger partial charge in [0, 0.05) is 19.1 Å². The summed E-state index contributed by atoms with van der Waals surface area (Å²) in [6, 6.07) is -0.490. The van der Waals surface area contributed by atoms with E-state index in [1.807, 2.05) is 0 Å². The minimum Gasteiger partial charge on any atom is -0.450 e. The van der Waals surface area contributed by atoms with Gasteiger partial charge < -0.3 is 20.7 Å². The van der Waals surface area contributed by atoms with Crippen LogP contribution in [0.5, 0.6) is 0 Å². The first-order valence-corrected chi connectivity index (χ1v) is 5.11. The molecule has 0 aromatic rings. The zero-order chi connectivity index (χ0) is 11.3. The van der Waals surface area contributed by atoms with Crippen molar-refractivity contribution in [3.63, 3.8) is 0 Å². The summed E-state index contributed by atoms with van der Waals surface area (Å²) < 4.78 is 4.76. The highest BCUT2D eigenvalue weighted by molar-refractivity contribution is 5.72. The molecule has 1 fully saturated rings. The van der Waals surface area contributed by atoms with Crippen molar-refractivity contribution in [3.8, 4) is 0 Å². The van der Waals surface area contributed by atoms with Crippen molar-refractivity contribution in [2.24, 2.45) is 5.73 Å². The molecule has 1 heterocycles. The van der Waals surface area contributed by atoms with Gasteiger partial charge in [-0.15, -0.1) is 0 Å². The number of amides is 3. The fourth-order valence-electron chi connectivity index (χ4n) is 1.63. The molecule has 0 radical (unpaired) electrons. The lowest BCUT2D eigenvalue weighted by Crippen LogP contribution is -2.51. The number of primary amides is 1. The van der Waals surface area contributed by atoms with Crippen LogP contribution in [0.15, 0.2) is 0 Å². The Balaban J connectivity index is 2.36. The van der Waals surface area contributed by atoms with Gasteiger partial charge in [0.25, 0.3) is 0 Å². The van der Waals surface area contributed by atoms with E-state index in [4.69, 9.17) is 10.5 Å². The average Bonchev–Trinajstić information content (AvgIpc) is 2.18. The van der Waals surface area contributed by atoms with E-state index in [2.05, 4.69) is 5.32 Å². The van der Waals surface area contributed by atoms with Gasteiger partial charge in [0.2, 0.25) is 0 Å². The molecule has 3 amide bonds. The van der Waals surface area contributed by atoms with Gasteiger partial charge in [-0.05, 0) is 19.8 Å². The SMILES string of the molecule is CCOC(=O)NC1CCCN(C(N)=O)C1. The molecule has 1 saturated heterocycles. The van der Waals surface area contributed by atoms with E-state index in [0.717, 1.165) is 12.8 Å². The normalized spacial score (nSPS) is 20.9. The van der Waals surface area contributed by atoms with Crippen LogP contribution in [0.25, 0.3) is 0 Å². The number of urea groups is 1. The maximum absolute atomic E-state index is 11.1. The lowest BCUT2D eigenvalue weighted by molar-refractivity contribution is 0.137. The number of piperidine rings is 1. The predicted octanol–water partition coefficient (Wildman–Crippen LogP) is 0.276. The maximum Gasteiger partial charge on any atom is 0.407 e. The lowest BCUT2D eigenvalue weighted by Gasteiger charge is -2.31. The van der Waals surface area contributed by atoms with Gasteiger partial charge in [0.05, 0.1) is 6.61 Å². The van der Waals surface area contributed by atoms with Crippen molar-refractivity contribution in [2.45, 2.75) is 25.8 Å². The highest BCUT2D eigenvalue weighted by Gasteiger charge is 2.23. The first kappa shape index (κ1) is 11.6. The third kappa shape index (κ3) is 3.65. The van der Waals surface area contributed by atoms with Crippen molar-refractivity contribution in [3.05, 3.63) is 0 Å². The number of nitrogens with one attached hydrogen (secondary N) is 1. The Kier molecular flexibility index (Phi) is 4.20. The summed E-state index contributed by atoms with van der Waals surface area (Å²) in [6.45, 7) is 3.22. The summed E-state index contributed by atoms with van der Waals surface area (Å²) in [7, 11) is 0. The third-order valence-electron chi connectivity index (χ3n) is 2.33. The molecule has 3 N–H and O–H groups in total. The number of nitrogens with zero attached hydrogens (tertiary/aromatic N) is 1. The molecule has 86 valence electrons. The average molecular weight is 215 g/mol. The van der Waals surface area contributed by atoms with Crippen LogP contribution in [-0.2, 0) is 4.74 Å². The summed E-state index contributed by atoms with van der Waals surface area (Å²) in [6.07, 6.45) is 1.26. The molecule has 1 atom stereocenters. The molecule has 6 nitrogen and oxygen atoms in total. The third-order valence-corrected chi connectivity index (χ3v) is 2.33. The Morgan fingerprint density at radius 1 is 1.60 bits per heavy atom. The van der Waals surface area contributed by atoms with Crippen LogP contribution in [0.2, 0.25) is 0 Å².